The predicted octanol–water partition coefficient (Wildman–Crippen LogP) is 11.4. The number of allylic oxidation sites excluding steroid dienone is 2. The molecule has 4 aromatic rings. The van der Waals surface area contributed by atoms with Crippen LogP contribution < -0.4 is 0 Å². The van der Waals surface area contributed by atoms with Crippen LogP contribution >= 0.6 is 0 Å². The van der Waals surface area contributed by atoms with Gasteiger partial charge in [0.05, 0.1) is 0 Å². The molecule has 0 radical (unpaired) electrons. The largest absolute Gasteiger partial charge is 0.507 e. The molecule has 0 saturated heterocycles. The normalized spacial score (nSPS) is 15.4. The number of aliphatic imine (C=N–C) groups is 2. The van der Waals surface area contributed by atoms with E-state index in [2.05, 4.69) is 22.1 Å². The van der Waals surface area contributed by atoms with Crippen molar-refractivity contribution in [1.82, 2.24) is 0 Å². The Kier molecular flexibility index (Phi) is 11.6. The van der Waals surface area contributed by atoms with Gasteiger partial charge in [-0.2, -0.15) is 0 Å². The standard InChI is InChI=1S/C46H56N2O6/c1-25(2)35-31-21-27(5)37(43(51)39(31)33(41(49)45(35)53)23-47-19-17-29-13-9-7-10-14-29)38-28(6)22-32-36(26(3)4)46(54)42(50)34(40(32)44(38)52)24-48-20-18-30-15-11-8-12-16-30/h13,15,21-26,49-54H,7-12,14,16-20H2,1-6H3. The maximum absolute atomic E-state index is 12.4. The summed E-state index contributed by atoms with van der Waals surface area (Å²) >= 11 is 0. The third kappa shape index (κ3) is 7.27. The van der Waals surface area contributed by atoms with Gasteiger partial charge in [0.2, 0.25) is 0 Å². The highest BCUT2D eigenvalue weighted by Crippen LogP contribution is 2.54. The molecule has 0 amide bonds. The number of fused-ring (bicyclic) bond motifs is 2. The maximum Gasteiger partial charge on any atom is 0.167 e. The highest BCUT2D eigenvalue weighted by Gasteiger charge is 2.29. The molecular formula is C46H56N2O6. The van der Waals surface area contributed by atoms with Crippen LogP contribution in [0.2, 0.25) is 0 Å². The first kappa shape index (κ1) is 38.7. The van der Waals surface area contributed by atoms with Crippen LogP contribution in [0.3, 0.4) is 0 Å². The lowest BCUT2D eigenvalue weighted by atomic mass is 9.83. The van der Waals surface area contributed by atoms with Crippen molar-refractivity contribution in [3.8, 4) is 45.6 Å². The zero-order valence-electron chi connectivity index (χ0n) is 32.7. The fourth-order valence-corrected chi connectivity index (χ4v) is 8.62. The highest BCUT2D eigenvalue weighted by molar-refractivity contribution is 6.15. The summed E-state index contributed by atoms with van der Waals surface area (Å²) in [5.41, 5.74) is 6.14. The van der Waals surface area contributed by atoms with Gasteiger partial charge in [-0.3, -0.25) is 9.98 Å². The van der Waals surface area contributed by atoms with Crippen LogP contribution in [0.25, 0.3) is 32.7 Å². The van der Waals surface area contributed by atoms with Gasteiger partial charge in [0.1, 0.15) is 11.5 Å². The Morgan fingerprint density at radius 3 is 1.28 bits per heavy atom. The summed E-state index contributed by atoms with van der Waals surface area (Å²) in [5, 5.41) is 72.1. The minimum atomic E-state index is -0.360. The van der Waals surface area contributed by atoms with Gasteiger partial charge in [-0.1, -0.05) is 63.1 Å². The lowest BCUT2D eigenvalue weighted by molar-refractivity contribution is 0.398. The fraction of sp³-hybridized carbons (Fsp3) is 0.435. The number of phenols is 6. The third-order valence-electron chi connectivity index (χ3n) is 11.3. The number of aryl methyl sites for hydroxylation is 2. The predicted molar refractivity (Wildman–Crippen MR) is 222 cm³/mol. The maximum atomic E-state index is 12.4. The summed E-state index contributed by atoms with van der Waals surface area (Å²) in [5.74, 6) is -1.93. The van der Waals surface area contributed by atoms with Crippen molar-refractivity contribution < 1.29 is 30.6 Å². The number of nitrogens with zero attached hydrogens (tertiary/aromatic N) is 2. The smallest absolute Gasteiger partial charge is 0.167 e. The number of aromatic hydroxyl groups is 6. The third-order valence-corrected chi connectivity index (χ3v) is 11.3. The lowest BCUT2D eigenvalue weighted by Gasteiger charge is -2.23. The highest BCUT2D eigenvalue weighted by atomic mass is 16.3. The summed E-state index contributed by atoms with van der Waals surface area (Å²) in [4.78, 5) is 9.32. The van der Waals surface area contributed by atoms with Gasteiger partial charge >= 0.3 is 0 Å². The van der Waals surface area contributed by atoms with E-state index in [9.17, 15) is 30.6 Å². The monoisotopic (exact) mass is 732 g/mol. The molecule has 286 valence electrons. The molecule has 8 nitrogen and oxygen atoms in total. The first-order valence-electron chi connectivity index (χ1n) is 19.7. The molecule has 0 aromatic heterocycles. The number of rotatable bonds is 11. The number of phenolic OH excluding ortho intramolecular Hbond substituents is 6. The zero-order valence-corrected chi connectivity index (χ0v) is 32.7. The SMILES string of the molecule is Cc1cc2c(C(C)C)c(O)c(O)c(C=NCCC3=CCCCC3)c2c(O)c1-c1c(C)cc2c(C(C)C)c(O)c(O)c(C=NCCC3=CCCCC3)c2c1O. The Bertz CT molecular complexity index is 2070. The summed E-state index contributed by atoms with van der Waals surface area (Å²) < 4.78 is 0. The molecule has 4 aromatic carbocycles. The van der Waals surface area contributed by atoms with E-state index in [0.29, 0.717) is 68.0 Å². The molecule has 54 heavy (non-hydrogen) atoms. The minimum Gasteiger partial charge on any atom is -0.507 e. The average Bonchev–Trinajstić information content (AvgIpc) is 3.13. The fourth-order valence-electron chi connectivity index (χ4n) is 8.62. The van der Waals surface area contributed by atoms with Crippen molar-refractivity contribution in [2.75, 3.05) is 13.1 Å². The van der Waals surface area contributed by atoms with Crippen molar-refractivity contribution >= 4 is 34.0 Å². The van der Waals surface area contributed by atoms with Gasteiger partial charge in [-0.15, -0.1) is 0 Å². The second-order valence-corrected chi connectivity index (χ2v) is 15.8. The van der Waals surface area contributed by atoms with Crippen molar-refractivity contribution in [2.45, 2.75) is 118 Å². The number of hydrogen-bond donors (Lipinski definition) is 6. The average molecular weight is 733 g/mol. The molecule has 0 unspecified atom stereocenters. The number of hydrogen-bond acceptors (Lipinski definition) is 8. The molecule has 0 spiro atoms. The van der Waals surface area contributed by atoms with Gasteiger partial charge in [0, 0.05) is 69.7 Å². The topological polar surface area (TPSA) is 146 Å². The molecule has 2 aliphatic carbocycles. The van der Waals surface area contributed by atoms with Gasteiger partial charge in [-0.25, -0.2) is 0 Å². The first-order valence-corrected chi connectivity index (χ1v) is 19.7. The molecule has 6 rings (SSSR count). The van der Waals surface area contributed by atoms with E-state index in [1.165, 1.54) is 49.3 Å². The summed E-state index contributed by atoms with van der Waals surface area (Å²) in [6, 6.07) is 3.75. The van der Waals surface area contributed by atoms with E-state index in [-0.39, 0.29) is 57.5 Å². The minimum absolute atomic E-state index is 0.167. The molecule has 0 fully saturated rings. The molecule has 8 heteroatoms. The Morgan fingerprint density at radius 1 is 0.556 bits per heavy atom. The Labute approximate surface area is 319 Å². The van der Waals surface area contributed by atoms with Gasteiger partial charge in [-0.05, 0) is 112 Å². The molecule has 0 aliphatic heterocycles. The Hall–Kier alpha value is -4.98. The molecular weight excluding hydrogens is 677 g/mol. The molecule has 0 heterocycles. The van der Waals surface area contributed by atoms with Crippen LogP contribution in [0.15, 0.2) is 45.4 Å². The second-order valence-electron chi connectivity index (χ2n) is 15.8. The van der Waals surface area contributed by atoms with Crippen molar-refractivity contribution in [2.24, 2.45) is 9.98 Å². The van der Waals surface area contributed by atoms with Crippen LogP contribution in [0.5, 0.6) is 34.5 Å². The Morgan fingerprint density at radius 2 is 0.944 bits per heavy atom. The van der Waals surface area contributed by atoms with E-state index in [0.717, 1.165) is 38.5 Å². The van der Waals surface area contributed by atoms with E-state index in [1.54, 1.807) is 0 Å². The summed E-state index contributed by atoms with van der Waals surface area (Å²) in [6.07, 6.45) is 18.3. The Balaban J connectivity index is 1.57. The van der Waals surface area contributed by atoms with Gasteiger partial charge in [0.25, 0.3) is 0 Å². The summed E-state index contributed by atoms with van der Waals surface area (Å²) in [7, 11) is 0. The van der Waals surface area contributed by atoms with Crippen LogP contribution in [-0.2, 0) is 0 Å². The van der Waals surface area contributed by atoms with Crippen LogP contribution in [0, 0.1) is 13.8 Å². The van der Waals surface area contributed by atoms with Crippen molar-refractivity contribution in [3.63, 3.8) is 0 Å². The zero-order chi connectivity index (χ0) is 38.8. The van der Waals surface area contributed by atoms with Crippen molar-refractivity contribution in [1.29, 1.82) is 0 Å². The van der Waals surface area contributed by atoms with Crippen molar-refractivity contribution in [3.05, 3.63) is 68.8 Å². The number of benzene rings is 4. The van der Waals surface area contributed by atoms with Gasteiger partial charge in [0.15, 0.2) is 23.0 Å². The first-order chi connectivity index (χ1) is 25.8. The second kappa shape index (κ2) is 16.2. The van der Waals surface area contributed by atoms with E-state index < -0.39 is 0 Å². The van der Waals surface area contributed by atoms with Gasteiger partial charge < -0.3 is 30.6 Å². The summed E-state index contributed by atoms with van der Waals surface area (Å²) in [6.45, 7) is 12.4. The van der Waals surface area contributed by atoms with Crippen LogP contribution in [0.4, 0.5) is 0 Å². The van der Waals surface area contributed by atoms with Crippen LogP contribution in [0.1, 0.15) is 137 Å². The molecule has 0 bridgehead atoms. The molecule has 2 aliphatic rings. The van der Waals surface area contributed by atoms with E-state index in [4.69, 9.17) is 0 Å². The van der Waals surface area contributed by atoms with E-state index >= 15 is 0 Å². The molecule has 0 atom stereocenters. The van der Waals surface area contributed by atoms with E-state index in [1.807, 2.05) is 53.7 Å². The lowest BCUT2D eigenvalue weighted by Crippen LogP contribution is -2.01. The molecule has 0 saturated carbocycles. The van der Waals surface area contributed by atoms with Crippen LogP contribution in [-0.4, -0.2) is 56.2 Å². The quantitative estimate of drug-likeness (QED) is 0.0514. The molecule has 6 N–H and O–H groups in total.